The van der Waals surface area contributed by atoms with Crippen molar-refractivity contribution in [3.05, 3.63) is 97.2 Å². The molecule has 0 aliphatic carbocycles. The molecule has 0 heterocycles. The number of hydrogen-bond acceptors (Lipinski definition) is 8. The van der Waals surface area contributed by atoms with Crippen molar-refractivity contribution < 1.29 is 42.9 Å². The maximum Gasteiger partial charge on any atom is 0.306 e. The smallest absolute Gasteiger partial charge is 0.306 e. The molecule has 2 atom stereocenters. The number of likely N-dealkylation sites (N-methyl/N-ethyl adjacent to an activating group) is 1. The van der Waals surface area contributed by atoms with Crippen LogP contribution in [0.2, 0.25) is 0 Å². The number of carboxylic acid groups (broad SMARTS) is 1. The van der Waals surface area contributed by atoms with Gasteiger partial charge in [-0.05, 0) is 83.5 Å². The molecule has 0 rings (SSSR count). The van der Waals surface area contributed by atoms with E-state index in [0.717, 1.165) is 77.0 Å². The van der Waals surface area contributed by atoms with Crippen LogP contribution >= 0.6 is 0 Å². The Kier molecular flexibility index (Phi) is 38.3. The molecule has 0 radical (unpaired) electrons. The summed E-state index contributed by atoms with van der Waals surface area (Å²) in [6.45, 7) is 4.46. The lowest BCUT2D eigenvalue weighted by Gasteiger charge is -2.26. The summed E-state index contributed by atoms with van der Waals surface area (Å²) in [7, 11) is 5.87. The zero-order valence-electron chi connectivity index (χ0n) is 37.6. The number of carbonyl (C=O) groups excluding carboxylic acids is 3. The van der Waals surface area contributed by atoms with E-state index in [1.165, 1.54) is 25.7 Å². The van der Waals surface area contributed by atoms with Gasteiger partial charge in [0.1, 0.15) is 13.2 Å². The van der Waals surface area contributed by atoms with E-state index in [-0.39, 0.29) is 32.7 Å². The Balaban J connectivity index is 4.62. The lowest BCUT2D eigenvalue weighted by molar-refractivity contribution is -0.870. The predicted octanol–water partition coefficient (Wildman–Crippen LogP) is 10.5. The summed E-state index contributed by atoms with van der Waals surface area (Å²) in [6, 6.07) is 0. The Bertz CT molecular complexity index is 1280. The number of unbranched alkanes of at least 4 members (excludes halogenated alkanes) is 8. The van der Waals surface area contributed by atoms with Gasteiger partial charge in [0.2, 0.25) is 0 Å². The number of hydrogen-bond donors (Lipinski definition) is 0. The van der Waals surface area contributed by atoms with E-state index < -0.39 is 30.3 Å². The van der Waals surface area contributed by atoms with Crippen LogP contribution in [0.25, 0.3) is 0 Å². The van der Waals surface area contributed by atoms with E-state index in [2.05, 4.69) is 98.9 Å². The van der Waals surface area contributed by atoms with Gasteiger partial charge in [0, 0.05) is 12.8 Å². The molecular formula is C50H81NO8. The van der Waals surface area contributed by atoms with Crippen molar-refractivity contribution in [2.75, 3.05) is 47.5 Å². The highest BCUT2D eigenvalue weighted by atomic mass is 16.7. The van der Waals surface area contributed by atoms with Crippen LogP contribution < -0.4 is 5.11 Å². The predicted molar refractivity (Wildman–Crippen MR) is 241 cm³/mol. The maximum absolute atomic E-state index is 12.7. The Morgan fingerprint density at radius 2 is 1.00 bits per heavy atom. The number of rotatable bonds is 39. The van der Waals surface area contributed by atoms with Crippen molar-refractivity contribution in [1.82, 2.24) is 0 Å². The molecule has 0 aliphatic rings. The monoisotopic (exact) mass is 824 g/mol. The molecule has 0 N–H and O–H groups in total. The molecule has 0 aromatic heterocycles. The van der Waals surface area contributed by atoms with Crippen LogP contribution in [-0.4, -0.2) is 82.3 Å². The lowest BCUT2D eigenvalue weighted by atomic mass is 10.1. The first-order valence-corrected chi connectivity index (χ1v) is 22.4. The minimum atomic E-state index is -1.65. The summed E-state index contributed by atoms with van der Waals surface area (Å²) in [5.74, 6) is -2.43. The highest BCUT2D eigenvalue weighted by molar-refractivity contribution is 5.70. The van der Waals surface area contributed by atoms with Gasteiger partial charge in [-0.25, -0.2) is 0 Å². The molecule has 0 saturated heterocycles. The van der Waals surface area contributed by atoms with Crippen molar-refractivity contribution in [2.24, 2.45) is 0 Å². The van der Waals surface area contributed by atoms with Crippen LogP contribution in [0.3, 0.4) is 0 Å². The van der Waals surface area contributed by atoms with Crippen LogP contribution in [0.15, 0.2) is 97.2 Å². The highest BCUT2D eigenvalue weighted by Gasteiger charge is 2.21. The van der Waals surface area contributed by atoms with Crippen LogP contribution in [0.5, 0.6) is 0 Å². The SMILES string of the molecule is CC/C=C\C/C=C\C/C=C\C/C=C\C/C=C\C/C=C\CCC(=O)OC(COC(=O)CCCCCCC/C=C\C/C=C\CCCCC)COC(OCC[N+](C)(C)C)C(=O)[O-]. The zero-order chi connectivity index (χ0) is 43.5. The zero-order valence-corrected chi connectivity index (χ0v) is 37.6. The molecule has 334 valence electrons. The summed E-state index contributed by atoms with van der Waals surface area (Å²) in [4.78, 5) is 36.9. The topological polar surface area (TPSA) is 111 Å². The Hall–Kier alpha value is -3.79. The van der Waals surface area contributed by atoms with E-state index in [4.69, 9.17) is 18.9 Å². The number of carbonyl (C=O) groups is 3. The van der Waals surface area contributed by atoms with Gasteiger partial charge >= 0.3 is 11.9 Å². The van der Waals surface area contributed by atoms with Gasteiger partial charge < -0.3 is 33.3 Å². The standard InChI is InChI=1S/C50H81NO8/c1-6-8-10-12-14-16-18-20-22-23-24-25-27-29-31-33-35-37-39-41-48(53)59-46(45-58-50(49(54)55)56-43-42-51(3,4)5)44-57-47(52)40-38-36-34-32-30-28-26-21-19-17-15-13-11-9-7-2/h8,10,14-17,20-22,24-26,29,31,35,37,46,50H,6-7,9,11-13,18-19,23,27-28,30,32-34,36,38-45H2,1-5H3/b10-8-,16-14-,17-15-,22-20-,25-24-,26-21-,31-29-,37-35-. The summed E-state index contributed by atoms with van der Waals surface area (Å²) in [6.07, 6.45) is 50.2. The molecule has 2 unspecified atom stereocenters. The molecule has 9 nitrogen and oxygen atoms in total. The molecule has 59 heavy (non-hydrogen) atoms. The van der Waals surface area contributed by atoms with Gasteiger partial charge in [0.05, 0.1) is 40.3 Å². The Morgan fingerprint density at radius 1 is 0.525 bits per heavy atom. The van der Waals surface area contributed by atoms with Crippen molar-refractivity contribution in [3.63, 3.8) is 0 Å². The van der Waals surface area contributed by atoms with E-state index in [1.807, 2.05) is 33.3 Å². The number of carboxylic acids is 1. The minimum Gasteiger partial charge on any atom is -0.545 e. The van der Waals surface area contributed by atoms with E-state index in [1.54, 1.807) is 0 Å². The molecule has 0 aromatic rings. The summed E-state index contributed by atoms with van der Waals surface area (Å²) in [5.41, 5.74) is 0. The average Bonchev–Trinajstić information content (AvgIpc) is 3.19. The second-order valence-electron chi connectivity index (χ2n) is 15.6. The fraction of sp³-hybridized carbons (Fsp3) is 0.620. The molecule has 9 heteroatoms. The third-order valence-electron chi connectivity index (χ3n) is 8.83. The molecule has 0 amide bonds. The molecule has 0 spiro atoms. The van der Waals surface area contributed by atoms with Gasteiger partial charge in [-0.2, -0.15) is 0 Å². The number of aliphatic carboxylic acids is 1. The summed E-state index contributed by atoms with van der Waals surface area (Å²) in [5, 5.41) is 11.7. The minimum absolute atomic E-state index is 0.114. The van der Waals surface area contributed by atoms with Crippen molar-refractivity contribution in [3.8, 4) is 0 Å². The summed E-state index contributed by atoms with van der Waals surface area (Å²) < 4.78 is 22.4. The fourth-order valence-corrected chi connectivity index (χ4v) is 5.35. The molecule has 0 aromatic carbocycles. The van der Waals surface area contributed by atoms with Gasteiger partial charge in [-0.3, -0.25) is 9.59 Å². The van der Waals surface area contributed by atoms with E-state index in [0.29, 0.717) is 23.9 Å². The fourth-order valence-electron chi connectivity index (χ4n) is 5.35. The quantitative estimate of drug-likeness (QED) is 0.0198. The van der Waals surface area contributed by atoms with Gasteiger partial charge in [0.25, 0.3) is 0 Å². The van der Waals surface area contributed by atoms with E-state index in [9.17, 15) is 19.5 Å². The van der Waals surface area contributed by atoms with E-state index >= 15 is 0 Å². The number of esters is 2. The number of quaternary nitrogens is 1. The largest absolute Gasteiger partial charge is 0.545 e. The van der Waals surface area contributed by atoms with Crippen molar-refractivity contribution in [1.29, 1.82) is 0 Å². The van der Waals surface area contributed by atoms with Gasteiger partial charge in [-0.1, -0.05) is 143 Å². The first-order chi connectivity index (χ1) is 28.6. The van der Waals surface area contributed by atoms with Crippen molar-refractivity contribution >= 4 is 17.9 Å². The number of ether oxygens (including phenoxy) is 4. The summed E-state index contributed by atoms with van der Waals surface area (Å²) >= 11 is 0. The average molecular weight is 824 g/mol. The number of allylic oxidation sites excluding steroid dienone is 16. The maximum atomic E-state index is 12.7. The Morgan fingerprint density at radius 3 is 1.51 bits per heavy atom. The molecule has 0 aliphatic heterocycles. The van der Waals surface area contributed by atoms with Gasteiger partial charge in [-0.15, -0.1) is 0 Å². The van der Waals surface area contributed by atoms with Crippen LogP contribution in [-0.2, 0) is 33.3 Å². The second-order valence-corrected chi connectivity index (χ2v) is 15.6. The molecule has 0 fully saturated rings. The lowest BCUT2D eigenvalue weighted by Crippen LogP contribution is -2.44. The Labute approximate surface area is 359 Å². The normalized spacial score (nSPS) is 13.8. The second kappa shape index (κ2) is 41.0. The first-order valence-electron chi connectivity index (χ1n) is 22.4. The third kappa shape index (κ3) is 42.1. The van der Waals surface area contributed by atoms with Crippen molar-refractivity contribution in [2.45, 2.75) is 155 Å². The van der Waals surface area contributed by atoms with Crippen LogP contribution in [0.1, 0.15) is 142 Å². The van der Waals surface area contributed by atoms with Gasteiger partial charge in [0.15, 0.2) is 12.4 Å². The number of nitrogens with zero attached hydrogens (tertiary/aromatic N) is 1. The van der Waals surface area contributed by atoms with Crippen LogP contribution in [0, 0.1) is 0 Å². The molecule has 0 saturated carbocycles. The third-order valence-corrected chi connectivity index (χ3v) is 8.83. The first kappa shape index (κ1) is 55.2. The molecular weight excluding hydrogens is 743 g/mol. The molecule has 0 bridgehead atoms. The van der Waals surface area contributed by atoms with Crippen LogP contribution in [0.4, 0.5) is 0 Å². The highest BCUT2D eigenvalue weighted by Crippen LogP contribution is 2.11.